The molecule has 1 aromatic heterocycles. The number of aromatic nitrogens is 2. The van der Waals surface area contributed by atoms with Gasteiger partial charge in [0.25, 0.3) is 0 Å². The molecule has 26 heavy (non-hydrogen) atoms. The number of nitrogens with zero attached hydrogens (tertiary/aromatic N) is 2. The molecule has 0 N–H and O–H groups in total. The maximum Gasteiger partial charge on any atom is 0.341 e. The molecular formula is C19H28N2O4S. The van der Waals surface area contributed by atoms with Gasteiger partial charge in [-0.3, -0.25) is 9.48 Å². The monoisotopic (exact) mass is 380 g/mol. The summed E-state index contributed by atoms with van der Waals surface area (Å²) in [6, 6.07) is 0. The Morgan fingerprint density at radius 3 is 2.69 bits per heavy atom. The molecule has 0 radical (unpaired) electrons. The molecule has 1 aromatic rings. The molecule has 6 nitrogen and oxygen atoms in total. The van der Waals surface area contributed by atoms with E-state index >= 15 is 0 Å². The molecule has 0 unspecified atom stereocenters. The first-order valence-electron chi connectivity index (χ1n) is 9.59. The van der Waals surface area contributed by atoms with Crippen LogP contribution in [0.1, 0.15) is 67.2 Å². The van der Waals surface area contributed by atoms with Gasteiger partial charge < -0.3 is 9.47 Å². The van der Waals surface area contributed by atoms with Crippen LogP contribution >= 0.6 is 11.8 Å². The lowest BCUT2D eigenvalue weighted by atomic mass is 9.89. The number of hydrogen-bond acceptors (Lipinski definition) is 6. The summed E-state index contributed by atoms with van der Waals surface area (Å²) in [7, 11) is 1.43. The Morgan fingerprint density at radius 2 is 2.00 bits per heavy atom. The maximum atomic E-state index is 12.3. The van der Waals surface area contributed by atoms with E-state index in [0.29, 0.717) is 17.4 Å². The number of carbonyl (C=O) groups is 2. The van der Waals surface area contributed by atoms with E-state index in [9.17, 15) is 9.59 Å². The molecule has 7 heteroatoms. The standard InChI is InChI=1S/C19H28N2O4S/c1-3-25-18(22)13-7-9-14(10-8-13)26-12-15-17(19(23)24-2)16-6-4-5-11-21(16)20-15/h13-14H,3-12H2,1-2H3. The van der Waals surface area contributed by atoms with Crippen LogP contribution in [-0.2, 0) is 33.0 Å². The largest absolute Gasteiger partial charge is 0.466 e. The highest BCUT2D eigenvalue weighted by molar-refractivity contribution is 7.99. The number of hydrogen-bond donors (Lipinski definition) is 0. The summed E-state index contributed by atoms with van der Waals surface area (Å²) in [5.41, 5.74) is 2.57. The van der Waals surface area contributed by atoms with E-state index in [2.05, 4.69) is 0 Å². The average molecular weight is 381 g/mol. The zero-order chi connectivity index (χ0) is 18.5. The van der Waals surface area contributed by atoms with Gasteiger partial charge in [0.15, 0.2) is 0 Å². The number of fused-ring (bicyclic) bond motifs is 1. The quantitative estimate of drug-likeness (QED) is 0.705. The van der Waals surface area contributed by atoms with Gasteiger partial charge in [0.05, 0.1) is 31.0 Å². The Hall–Kier alpha value is -1.50. The van der Waals surface area contributed by atoms with E-state index in [-0.39, 0.29) is 17.9 Å². The number of methoxy groups -OCH3 is 1. The van der Waals surface area contributed by atoms with Crippen molar-refractivity contribution < 1.29 is 19.1 Å². The van der Waals surface area contributed by atoms with E-state index in [1.54, 1.807) is 0 Å². The van der Waals surface area contributed by atoms with Crippen LogP contribution in [0.15, 0.2) is 0 Å². The maximum absolute atomic E-state index is 12.3. The molecule has 2 heterocycles. The number of carbonyl (C=O) groups excluding carboxylic acids is 2. The van der Waals surface area contributed by atoms with E-state index in [1.807, 2.05) is 23.4 Å². The third-order valence-corrected chi connectivity index (χ3v) is 6.69. The van der Waals surface area contributed by atoms with Crippen LogP contribution in [0, 0.1) is 5.92 Å². The summed E-state index contributed by atoms with van der Waals surface area (Å²) in [6.07, 6.45) is 6.90. The van der Waals surface area contributed by atoms with Crippen molar-refractivity contribution in [3.05, 3.63) is 17.0 Å². The van der Waals surface area contributed by atoms with Gasteiger partial charge in [-0.25, -0.2) is 4.79 Å². The zero-order valence-corrected chi connectivity index (χ0v) is 16.5. The summed E-state index contributed by atoms with van der Waals surface area (Å²) >= 11 is 1.85. The smallest absolute Gasteiger partial charge is 0.341 e. The van der Waals surface area contributed by atoms with Crippen LogP contribution in [0.25, 0.3) is 0 Å². The van der Waals surface area contributed by atoms with Crippen LogP contribution in [0.3, 0.4) is 0 Å². The number of thioether (sulfide) groups is 1. The van der Waals surface area contributed by atoms with E-state index in [0.717, 1.165) is 68.6 Å². The van der Waals surface area contributed by atoms with E-state index in [4.69, 9.17) is 14.6 Å². The second kappa shape index (κ2) is 8.93. The lowest BCUT2D eigenvalue weighted by Gasteiger charge is -2.26. The summed E-state index contributed by atoms with van der Waals surface area (Å²) < 4.78 is 12.1. The second-order valence-electron chi connectivity index (χ2n) is 6.98. The summed E-state index contributed by atoms with van der Waals surface area (Å²) in [6.45, 7) is 3.19. The van der Waals surface area contributed by atoms with Gasteiger partial charge >= 0.3 is 11.9 Å². The van der Waals surface area contributed by atoms with Crippen molar-refractivity contribution in [1.82, 2.24) is 9.78 Å². The molecule has 0 bridgehead atoms. The van der Waals surface area contributed by atoms with E-state index in [1.165, 1.54) is 7.11 Å². The first-order chi connectivity index (χ1) is 12.6. The third kappa shape index (κ3) is 4.24. The highest BCUT2D eigenvalue weighted by Crippen LogP contribution is 2.35. The molecule has 0 aromatic carbocycles. The minimum absolute atomic E-state index is 0.0503. The fourth-order valence-corrected chi connectivity index (χ4v) is 5.11. The predicted molar refractivity (Wildman–Crippen MR) is 100 cm³/mol. The van der Waals surface area contributed by atoms with Crippen LogP contribution in [0.2, 0.25) is 0 Å². The molecule has 2 aliphatic rings. The van der Waals surface area contributed by atoms with Crippen LogP contribution < -0.4 is 0 Å². The van der Waals surface area contributed by atoms with Crippen molar-refractivity contribution in [2.45, 2.75) is 69.4 Å². The van der Waals surface area contributed by atoms with Gasteiger partial charge in [-0.1, -0.05) is 0 Å². The Bertz CT molecular complexity index is 650. The Morgan fingerprint density at radius 1 is 1.23 bits per heavy atom. The van der Waals surface area contributed by atoms with Gasteiger partial charge in [0.2, 0.25) is 0 Å². The number of rotatable bonds is 6. The van der Waals surface area contributed by atoms with Crippen molar-refractivity contribution in [2.75, 3.05) is 13.7 Å². The minimum atomic E-state index is -0.269. The van der Waals surface area contributed by atoms with Crippen molar-refractivity contribution >= 4 is 23.7 Å². The molecule has 1 saturated carbocycles. The average Bonchev–Trinajstić information content (AvgIpc) is 3.04. The summed E-state index contributed by atoms with van der Waals surface area (Å²) in [5.74, 6) is 0.455. The molecule has 0 spiro atoms. The van der Waals surface area contributed by atoms with Crippen molar-refractivity contribution in [2.24, 2.45) is 5.92 Å². The Labute approximate surface area is 159 Å². The van der Waals surface area contributed by atoms with Gasteiger partial charge in [-0.2, -0.15) is 16.9 Å². The van der Waals surface area contributed by atoms with Crippen molar-refractivity contribution in [3.63, 3.8) is 0 Å². The topological polar surface area (TPSA) is 70.4 Å². The first-order valence-corrected chi connectivity index (χ1v) is 10.6. The van der Waals surface area contributed by atoms with Crippen molar-refractivity contribution in [1.29, 1.82) is 0 Å². The summed E-state index contributed by atoms with van der Waals surface area (Å²) in [5, 5.41) is 5.20. The Balaban J connectivity index is 1.59. The lowest BCUT2D eigenvalue weighted by molar-refractivity contribution is -0.149. The number of aryl methyl sites for hydroxylation is 1. The molecule has 0 saturated heterocycles. The Kier molecular flexibility index (Phi) is 6.62. The lowest BCUT2D eigenvalue weighted by Crippen LogP contribution is -2.24. The molecule has 144 valence electrons. The van der Waals surface area contributed by atoms with Crippen LogP contribution in [-0.4, -0.2) is 40.7 Å². The molecule has 1 aliphatic carbocycles. The van der Waals surface area contributed by atoms with Gasteiger partial charge in [-0.05, 0) is 51.9 Å². The fraction of sp³-hybridized carbons (Fsp3) is 0.737. The molecule has 0 atom stereocenters. The fourth-order valence-electron chi connectivity index (χ4n) is 3.91. The zero-order valence-electron chi connectivity index (χ0n) is 15.7. The number of esters is 2. The molecule has 1 aliphatic heterocycles. The van der Waals surface area contributed by atoms with E-state index < -0.39 is 0 Å². The predicted octanol–water partition coefficient (Wildman–Crippen LogP) is 3.36. The first kappa shape index (κ1) is 19.3. The highest BCUT2D eigenvalue weighted by Gasteiger charge is 2.29. The summed E-state index contributed by atoms with van der Waals surface area (Å²) in [4.78, 5) is 24.1. The van der Waals surface area contributed by atoms with Crippen LogP contribution in [0.4, 0.5) is 0 Å². The molecular weight excluding hydrogens is 352 g/mol. The normalized spacial score (nSPS) is 22.5. The highest BCUT2D eigenvalue weighted by atomic mass is 32.2. The SMILES string of the molecule is CCOC(=O)C1CCC(SCc2nn3c(c2C(=O)OC)CCCC3)CC1. The second-order valence-corrected chi connectivity index (χ2v) is 8.27. The minimum Gasteiger partial charge on any atom is -0.466 e. The third-order valence-electron chi connectivity index (χ3n) is 5.30. The molecule has 0 amide bonds. The van der Waals surface area contributed by atoms with Gasteiger partial charge in [0.1, 0.15) is 5.56 Å². The molecule has 1 fully saturated rings. The van der Waals surface area contributed by atoms with Gasteiger partial charge in [-0.15, -0.1) is 0 Å². The van der Waals surface area contributed by atoms with Crippen molar-refractivity contribution in [3.8, 4) is 0 Å². The number of ether oxygens (including phenoxy) is 2. The van der Waals surface area contributed by atoms with Crippen LogP contribution in [0.5, 0.6) is 0 Å². The van der Waals surface area contributed by atoms with Gasteiger partial charge in [0, 0.05) is 17.5 Å². The molecule has 3 rings (SSSR count).